The second-order valence-electron chi connectivity index (χ2n) is 4.69. The van der Waals surface area contributed by atoms with Crippen molar-refractivity contribution in [1.82, 2.24) is 0 Å². The number of aromatic hydroxyl groups is 1. The van der Waals surface area contributed by atoms with Crippen LogP contribution in [0.4, 0.5) is 0 Å². The summed E-state index contributed by atoms with van der Waals surface area (Å²) in [5.41, 5.74) is 8.85. The normalized spacial score (nSPS) is 17.9. The van der Waals surface area contributed by atoms with Crippen LogP contribution in [0.3, 0.4) is 0 Å². The van der Waals surface area contributed by atoms with Gasteiger partial charge in [0.05, 0.1) is 5.02 Å². The van der Waals surface area contributed by atoms with Gasteiger partial charge in [0.15, 0.2) is 0 Å². The van der Waals surface area contributed by atoms with Gasteiger partial charge < -0.3 is 10.8 Å². The molecule has 1 aromatic carbocycles. The molecule has 0 heterocycles. The van der Waals surface area contributed by atoms with E-state index in [1.165, 1.54) is 0 Å². The van der Waals surface area contributed by atoms with Gasteiger partial charge in [0.1, 0.15) is 5.75 Å². The van der Waals surface area contributed by atoms with Gasteiger partial charge in [-0.15, -0.1) is 0 Å². The van der Waals surface area contributed by atoms with Crippen molar-refractivity contribution in [3.05, 3.63) is 27.8 Å². The zero-order chi connectivity index (χ0) is 11.2. The molecular formula is C12H16ClNO. The second-order valence-corrected chi connectivity index (χ2v) is 5.07. The summed E-state index contributed by atoms with van der Waals surface area (Å²) >= 11 is 6.01. The van der Waals surface area contributed by atoms with Crippen molar-refractivity contribution in [2.75, 3.05) is 0 Å². The van der Waals surface area contributed by atoms with Crippen LogP contribution >= 0.6 is 11.6 Å². The fourth-order valence-corrected chi connectivity index (χ4v) is 2.06. The molecule has 0 spiro atoms. The summed E-state index contributed by atoms with van der Waals surface area (Å²) in [5.74, 6) is 0.214. The van der Waals surface area contributed by atoms with Gasteiger partial charge in [-0.2, -0.15) is 0 Å². The summed E-state index contributed by atoms with van der Waals surface area (Å²) in [6, 6.07) is 2.00. The number of rotatable bonds is 2. The van der Waals surface area contributed by atoms with E-state index >= 15 is 0 Å². The van der Waals surface area contributed by atoms with E-state index in [0.717, 1.165) is 36.0 Å². The van der Waals surface area contributed by atoms with E-state index < -0.39 is 0 Å². The lowest BCUT2D eigenvalue weighted by Gasteiger charge is -2.15. The van der Waals surface area contributed by atoms with Crippen LogP contribution in [-0.4, -0.2) is 10.6 Å². The van der Waals surface area contributed by atoms with Gasteiger partial charge in [0, 0.05) is 11.1 Å². The maximum absolute atomic E-state index is 9.96. The van der Waals surface area contributed by atoms with E-state index in [4.69, 9.17) is 17.3 Å². The molecule has 82 valence electrons. The van der Waals surface area contributed by atoms with Gasteiger partial charge in [0.25, 0.3) is 0 Å². The summed E-state index contributed by atoms with van der Waals surface area (Å²) < 4.78 is 0. The molecule has 0 atom stereocenters. The molecule has 0 saturated heterocycles. The summed E-state index contributed by atoms with van der Waals surface area (Å²) in [5, 5.41) is 10.4. The molecule has 1 aromatic rings. The third kappa shape index (κ3) is 1.97. The zero-order valence-electron chi connectivity index (χ0n) is 9.10. The molecular weight excluding hydrogens is 210 g/mol. The number of aryl methyl sites for hydroxylation is 2. The second kappa shape index (κ2) is 3.39. The highest BCUT2D eigenvalue weighted by Crippen LogP contribution is 2.41. The van der Waals surface area contributed by atoms with Crippen molar-refractivity contribution in [2.24, 2.45) is 5.73 Å². The van der Waals surface area contributed by atoms with Crippen LogP contribution in [0.1, 0.15) is 29.5 Å². The summed E-state index contributed by atoms with van der Waals surface area (Å²) in [7, 11) is 0. The summed E-state index contributed by atoms with van der Waals surface area (Å²) in [4.78, 5) is 0. The molecule has 1 aliphatic rings. The van der Waals surface area contributed by atoms with Crippen LogP contribution < -0.4 is 5.73 Å². The minimum Gasteiger partial charge on any atom is -0.506 e. The first-order chi connectivity index (χ1) is 6.93. The quantitative estimate of drug-likeness (QED) is 0.813. The molecule has 0 bridgehead atoms. The molecule has 15 heavy (non-hydrogen) atoms. The summed E-state index contributed by atoms with van der Waals surface area (Å²) in [6.45, 7) is 3.89. The molecule has 2 rings (SSSR count). The minimum absolute atomic E-state index is 0.0964. The van der Waals surface area contributed by atoms with Crippen molar-refractivity contribution in [2.45, 2.75) is 38.6 Å². The zero-order valence-corrected chi connectivity index (χ0v) is 9.86. The molecule has 3 heteroatoms. The average Bonchev–Trinajstić information content (AvgIpc) is 2.89. The molecule has 1 saturated carbocycles. The fraction of sp³-hybridized carbons (Fsp3) is 0.500. The van der Waals surface area contributed by atoms with Crippen molar-refractivity contribution >= 4 is 11.6 Å². The van der Waals surface area contributed by atoms with Crippen molar-refractivity contribution in [3.8, 4) is 5.75 Å². The maximum Gasteiger partial charge on any atom is 0.137 e. The van der Waals surface area contributed by atoms with Crippen LogP contribution in [0.2, 0.25) is 5.02 Å². The molecule has 2 nitrogen and oxygen atoms in total. The molecule has 0 radical (unpaired) electrons. The first kappa shape index (κ1) is 10.8. The van der Waals surface area contributed by atoms with E-state index in [9.17, 15) is 5.11 Å². The Bertz CT molecular complexity index is 411. The Kier molecular flexibility index (Phi) is 2.44. The van der Waals surface area contributed by atoms with E-state index in [-0.39, 0.29) is 11.3 Å². The number of hydrogen-bond acceptors (Lipinski definition) is 2. The van der Waals surface area contributed by atoms with Gasteiger partial charge >= 0.3 is 0 Å². The van der Waals surface area contributed by atoms with E-state index in [0.29, 0.717) is 5.02 Å². The van der Waals surface area contributed by atoms with Gasteiger partial charge in [0.2, 0.25) is 0 Å². The predicted octanol–water partition coefficient (Wildman–Crippen LogP) is 2.70. The number of benzene rings is 1. The van der Waals surface area contributed by atoms with Crippen LogP contribution in [0, 0.1) is 13.8 Å². The lowest BCUT2D eigenvalue weighted by atomic mass is 9.97. The third-order valence-electron chi connectivity index (χ3n) is 3.17. The third-order valence-corrected chi connectivity index (χ3v) is 3.65. The van der Waals surface area contributed by atoms with Gasteiger partial charge in [-0.25, -0.2) is 0 Å². The molecule has 0 aliphatic heterocycles. The smallest absolute Gasteiger partial charge is 0.137 e. The highest BCUT2D eigenvalue weighted by Gasteiger charge is 2.39. The average molecular weight is 226 g/mol. The Balaban J connectivity index is 2.41. The molecule has 0 aromatic heterocycles. The first-order valence-corrected chi connectivity index (χ1v) is 5.57. The van der Waals surface area contributed by atoms with Gasteiger partial charge in [-0.1, -0.05) is 17.7 Å². The lowest BCUT2D eigenvalue weighted by molar-refractivity contribution is 0.462. The fourth-order valence-electron chi connectivity index (χ4n) is 1.89. The molecule has 1 fully saturated rings. The lowest BCUT2D eigenvalue weighted by Crippen LogP contribution is -2.25. The van der Waals surface area contributed by atoms with Gasteiger partial charge in [-0.05, 0) is 44.2 Å². The van der Waals surface area contributed by atoms with Crippen molar-refractivity contribution in [1.29, 1.82) is 0 Å². The molecule has 0 amide bonds. The van der Waals surface area contributed by atoms with E-state index in [1.54, 1.807) is 0 Å². The predicted molar refractivity (Wildman–Crippen MR) is 62.4 cm³/mol. The van der Waals surface area contributed by atoms with Crippen LogP contribution in [-0.2, 0) is 6.42 Å². The highest BCUT2D eigenvalue weighted by atomic mass is 35.5. The van der Waals surface area contributed by atoms with E-state index in [1.807, 2.05) is 19.9 Å². The van der Waals surface area contributed by atoms with Crippen molar-refractivity contribution in [3.63, 3.8) is 0 Å². The topological polar surface area (TPSA) is 46.2 Å². The van der Waals surface area contributed by atoms with E-state index in [2.05, 4.69) is 0 Å². The Morgan fingerprint density at radius 1 is 1.40 bits per heavy atom. The first-order valence-electron chi connectivity index (χ1n) is 5.19. The number of phenols is 1. The highest BCUT2D eigenvalue weighted by molar-refractivity contribution is 6.32. The molecule has 3 N–H and O–H groups in total. The molecule has 1 aliphatic carbocycles. The Morgan fingerprint density at radius 3 is 2.53 bits per heavy atom. The number of nitrogens with two attached hydrogens (primary N) is 1. The maximum atomic E-state index is 9.96. The number of halogens is 1. The van der Waals surface area contributed by atoms with Gasteiger partial charge in [-0.3, -0.25) is 0 Å². The van der Waals surface area contributed by atoms with Crippen molar-refractivity contribution < 1.29 is 5.11 Å². The monoisotopic (exact) mass is 225 g/mol. The Morgan fingerprint density at radius 2 is 2.00 bits per heavy atom. The number of hydrogen-bond donors (Lipinski definition) is 2. The van der Waals surface area contributed by atoms with Crippen LogP contribution in [0.15, 0.2) is 6.07 Å². The SMILES string of the molecule is Cc1cc(C)c(CC2(N)CC2)c(O)c1Cl. The standard InChI is InChI=1S/C12H16ClNO/c1-7-5-8(2)10(13)11(15)9(7)6-12(14)3-4-12/h5,15H,3-4,6,14H2,1-2H3. The van der Waals surface area contributed by atoms with Crippen LogP contribution in [0.5, 0.6) is 5.75 Å². The van der Waals surface area contributed by atoms with Crippen LogP contribution in [0.25, 0.3) is 0 Å². The number of phenolic OH excluding ortho intramolecular Hbond substituents is 1. The minimum atomic E-state index is -0.0964. The Hall–Kier alpha value is -0.730. The molecule has 0 unspecified atom stereocenters. The summed E-state index contributed by atoms with van der Waals surface area (Å²) in [6.07, 6.45) is 2.80. The largest absolute Gasteiger partial charge is 0.506 e. The Labute approximate surface area is 95.1 Å².